The summed E-state index contributed by atoms with van der Waals surface area (Å²) < 4.78 is 0. The Balaban J connectivity index is 1.93. The van der Waals surface area contributed by atoms with Gasteiger partial charge in [-0.1, -0.05) is 37.0 Å². The van der Waals surface area contributed by atoms with Crippen LogP contribution < -0.4 is 10.6 Å². The molecule has 4 rings (SSSR count). The van der Waals surface area contributed by atoms with Crippen molar-refractivity contribution in [3.8, 4) is 0 Å². The van der Waals surface area contributed by atoms with Gasteiger partial charge in [0.15, 0.2) is 5.78 Å². The second-order valence-electron chi connectivity index (χ2n) is 7.62. The maximum atomic E-state index is 13.1. The molecule has 0 bridgehead atoms. The highest BCUT2D eigenvalue weighted by molar-refractivity contribution is 6.33. The Morgan fingerprint density at radius 2 is 1.96 bits per heavy atom. The minimum Gasteiger partial charge on any atom is -0.372 e. The Hall–Kier alpha value is -2.04. The van der Waals surface area contributed by atoms with E-state index in [0.717, 1.165) is 34.6 Å². The van der Waals surface area contributed by atoms with Gasteiger partial charge in [0.25, 0.3) is 0 Å². The Labute approximate surface area is 162 Å². The number of pyridine rings is 1. The predicted octanol–water partition coefficient (Wildman–Crippen LogP) is 5.61. The van der Waals surface area contributed by atoms with Crippen LogP contribution in [0.5, 0.6) is 0 Å². The zero-order chi connectivity index (χ0) is 18.5. The Kier molecular flexibility index (Phi) is 4.20. The summed E-state index contributed by atoms with van der Waals surface area (Å²) >= 11 is 12.7. The number of aromatic nitrogens is 1. The number of hydrogen-bond acceptors (Lipinski definition) is 4. The van der Waals surface area contributed by atoms with Crippen LogP contribution >= 0.6 is 23.2 Å². The Morgan fingerprint density at radius 1 is 1.15 bits per heavy atom. The fraction of sp³-hybridized carbons (Fsp3) is 0.300. The average Bonchev–Trinajstić information content (AvgIpc) is 2.72. The Bertz CT molecular complexity index is 936. The number of anilines is 2. The standard InChI is InChI=1S/C20H19Cl2N3O/c1-20(2)8-15-18(17(26)9-20)19(12-7-11(21)3-4-13(12)22)25-14-5-6-23-10-16(14)24-15/h3-7,10,19,24-25H,8-9H2,1-2H3. The lowest BCUT2D eigenvalue weighted by Gasteiger charge is -2.34. The molecule has 1 aliphatic heterocycles. The highest BCUT2D eigenvalue weighted by Crippen LogP contribution is 2.46. The molecule has 0 amide bonds. The zero-order valence-corrected chi connectivity index (χ0v) is 16.1. The van der Waals surface area contributed by atoms with Gasteiger partial charge >= 0.3 is 0 Å². The maximum Gasteiger partial charge on any atom is 0.163 e. The molecule has 6 heteroatoms. The molecule has 134 valence electrons. The number of Topliss-reactive ketones (excluding diaryl/α,β-unsaturated/α-hetero) is 1. The molecule has 26 heavy (non-hydrogen) atoms. The molecular weight excluding hydrogens is 369 g/mol. The van der Waals surface area contributed by atoms with Gasteiger partial charge in [0.05, 0.1) is 23.6 Å². The first kappa shape index (κ1) is 17.4. The van der Waals surface area contributed by atoms with E-state index in [4.69, 9.17) is 23.2 Å². The van der Waals surface area contributed by atoms with Crippen molar-refractivity contribution in [1.82, 2.24) is 4.98 Å². The number of carbonyl (C=O) groups is 1. The normalized spacial score (nSPS) is 21.2. The lowest BCUT2D eigenvalue weighted by molar-refractivity contribution is -0.118. The summed E-state index contributed by atoms with van der Waals surface area (Å²) in [4.78, 5) is 17.3. The number of benzene rings is 1. The van der Waals surface area contributed by atoms with Gasteiger partial charge in [-0.3, -0.25) is 9.78 Å². The molecule has 2 N–H and O–H groups in total. The van der Waals surface area contributed by atoms with Crippen LogP contribution in [0.2, 0.25) is 10.0 Å². The van der Waals surface area contributed by atoms with E-state index in [1.54, 1.807) is 24.5 Å². The monoisotopic (exact) mass is 387 g/mol. The van der Waals surface area contributed by atoms with Crippen LogP contribution in [0.3, 0.4) is 0 Å². The third kappa shape index (κ3) is 3.08. The molecule has 1 atom stereocenters. The summed E-state index contributed by atoms with van der Waals surface area (Å²) in [6.07, 6.45) is 4.76. The first-order valence-corrected chi connectivity index (χ1v) is 9.28. The van der Waals surface area contributed by atoms with Crippen LogP contribution in [-0.2, 0) is 4.79 Å². The van der Waals surface area contributed by atoms with Gasteiger partial charge in [-0.2, -0.15) is 0 Å². The molecule has 2 heterocycles. The first-order chi connectivity index (χ1) is 12.3. The number of ketones is 1. The molecule has 0 saturated carbocycles. The third-order valence-electron chi connectivity index (χ3n) is 4.88. The second-order valence-corrected chi connectivity index (χ2v) is 8.47. The summed E-state index contributed by atoms with van der Waals surface area (Å²) in [6, 6.07) is 6.87. The van der Waals surface area contributed by atoms with E-state index < -0.39 is 0 Å². The van der Waals surface area contributed by atoms with Gasteiger partial charge in [-0.25, -0.2) is 0 Å². The van der Waals surface area contributed by atoms with Crippen LogP contribution in [0.25, 0.3) is 0 Å². The van der Waals surface area contributed by atoms with Crippen LogP contribution in [0, 0.1) is 5.41 Å². The maximum absolute atomic E-state index is 13.1. The smallest absolute Gasteiger partial charge is 0.163 e. The predicted molar refractivity (Wildman–Crippen MR) is 106 cm³/mol. The van der Waals surface area contributed by atoms with Gasteiger partial charge in [0.1, 0.15) is 0 Å². The molecule has 1 aliphatic carbocycles. The van der Waals surface area contributed by atoms with E-state index >= 15 is 0 Å². The number of allylic oxidation sites excluding steroid dienone is 1. The van der Waals surface area contributed by atoms with E-state index in [1.165, 1.54) is 0 Å². The topological polar surface area (TPSA) is 54.0 Å². The zero-order valence-electron chi connectivity index (χ0n) is 14.6. The fourth-order valence-electron chi connectivity index (χ4n) is 3.76. The summed E-state index contributed by atoms with van der Waals surface area (Å²) in [5, 5.41) is 8.08. The molecule has 0 fully saturated rings. The van der Waals surface area contributed by atoms with Crippen molar-refractivity contribution in [2.24, 2.45) is 5.41 Å². The fourth-order valence-corrected chi connectivity index (χ4v) is 4.17. The Morgan fingerprint density at radius 3 is 2.77 bits per heavy atom. The van der Waals surface area contributed by atoms with Gasteiger partial charge < -0.3 is 10.6 Å². The van der Waals surface area contributed by atoms with E-state index in [-0.39, 0.29) is 17.2 Å². The number of halogens is 2. The van der Waals surface area contributed by atoms with Gasteiger partial charge in [0.2, 0.25) is 0 Å². The average molecular weight is 388 g/mol. The second kappa shape index (κ2) is 6.29. The molecule has 0 radical (unpaired) electrons. The molecule has 4 nitrogen and oxygen atoms in total. The van der Waals surface area contributed by atoms with Gasteiger partial charge in [-0.15, -0.1) is 0 Å². The van der Waals surface area contributed by atoms with Crippen molar-refractivity contribution in [3.05, 3.63) is 63.5 Å². The molecule has 2 aromatic rings. The number of nitrogens with zero attached hydrogens (tertiary/aromatic N) is 1. The van der Waals surface area contributed by atoms with Gasteiger partial charge in [0, 0.05) is 33.9 Å². The van der Waals surface area contributed by atoms with Crippen molar-refractivity contribution >= 4 is 40.4 Å². The van der Waals surface area contributed by atoms with Crippen molar-refractivity contribution in [1.29, 1.82) is 0 Å². The number of fused-ring (bicyclic) bond motifs is 1. The van der Waals surface area contributed by atoms with Crippen LogP contribution in [-0.4, -0.2) is 10.8 Å². The minimum absolute atomic E-state index is 0.0989. The summed E-state index contributed by atoms with van der Waals surface area (Å²) in [7, 11) is 0. The highest BCUT2D eigenvalue weighted by atomic mass is 35.5. The van der Waals surface area contributed by atoms with E-state index in [9.17, 15) is 4.79 Å². The quantitative estimate of drug-likeness (QED) is 0.667. The number of carbonyl (C=O) groups excluding carboxylic acids is 1. The van der Waals surface area contributed by atoms with E-state index in [1.807, 2.05) is 12.1 Å². The largest absolute Gasteiger partial charge is 0.372 e. The molecule has 0 spiro atoms. The molecule has 1 aromatic heterocycles. The highest BCUT2D eigenvalue weighted by Gasteiger charge is 2.39. The van der Waals surface area contributed by atoms with Crippen molar-refractivity contribution in [2.45, 2.75) is 32.7 Å². The first-order valence-electron chi connectivity index (χ1n) is 8.53. The van der Waals surface area contributed by atoms with Crippen LogP contribution in [0.15, 0.2) is 47.9 Å². The number of nitrogens with one attached hydrogen (secondary N) is 2. The molecule has 0 saturated heterocycles. The minimum atomic E-state index is -0.365. The van der Waals surface area contributed by atoms with Gasteiger partial charge in [-0.05, 0) is 41.7 Å². The summed E-state index contributed by atoms with van der Waals surface area (Å²) in [6.45, 7) is 4.22. The van der Waals surface area contributed by atoms with Crippen LogP contribution in [0.1, 0.15) is 38.3 Å². The molecule has 1 aromatic carbocycles. The molecule has 2 aliphatic rings. The molecule has 1 unspecified atom stereocenters. The summed E-state index contributed by atoms with van der Waals surface area (Å²) in [5.41, 5.74) is 4.08. The summed E-state index contributed by atoms with van der Waals surface area (Å²) in [5.74, 6) is 0.123. The molecular formula is C20H19Cl2N3O. The van der Waals surface area contributed by atoms with Crippen molar-refractivity contribution in [3.63, 3.8) is 0 Å². The van der Waals surface area contributed by atoms with Crippen molar-refractivity contribution < 1.29 is 4.79 Å². The number of rotatable bonds is 1. The van der Waals surface area contributed by atoms with E-state index in [0.29, 0.717) is 16.5 Å². The number of hydrogen-bond donors (Lipinski definition) is 2. The SMILES string of the molecule is CC1(C)CC(=O)C2=C(C1)Nc1cnccc1NC2c1cc(Cl)ccc1Cl. The lowest BCUT2D eigenvalue weighted by Crippen LogP contribution is -2.31. The third-order valence-corrected chi connectivity index (χ3v) is 5.46. The lowest BCUT2D eigenvalue weighted by atomic mass is 9.73. The van der Waals surface area contributed by atoms with E-state index in [2.05, 4.69) is 29.5 Å². The van der Waals surface area contributed by atoms with Crippen molar-refractivity contribution in [2.75, 3.05) is 10.6 Å². The van der Waals surface area contributed by atoms with Crippen LogP contribution in [0.4, 0.5) is 11.4 Å².